The van der Waals surface area contributed by atoms with Crippen molar-refractivity contribution in [3.05, 3.63) is 0 Å². The molecule has 0 aromatic heterocycles. The molecule has 0 spiro atoms. The summed E-state index contributed by atoms with van der Waals surface area (Å²) in [6.45, 7) is 13.0. The van der Waals surface area contributed by atoms with Crippen molar-refractivity contribution in [2.24, 2.45) is 5.92 Å². The Morgan fingerprint density at radius 3 is 2.43 bits per heavy atom. The number of morpholine rings is 1. The molecule has 1 fully saturated rings. The summed E-state index contributed by atoms with van der Waals surface area (Å²) in [7, 11) is 0. The maximum atomic E-state index is 5.32. The highest BCUT2D eigenvalue weighted by atomic mass is 16.5. The van der Waals surface area contributed by atoms with Crippen LogP contribution in [0.5, 0.6) is 0 Å². The van der Waals surface area contributed by atoms with Crippen LogP contribution < -0.4 is 5.32 Å². The zero-order chi connectivity index (χ0) is 10.4. The van der Waals surface area contributed by atoms with E-state index in [1.54, 1.807) is 0 Å². The van der Waals surface area contributed by atoms with Crippen molar-refractivity contribution in [3.63, 3.8) is 0 Å². The lowest BCUT2D eigenvalue weighted by Crippen LogP contribution is -2.45. The number of rotatable bonds is 5. The monoisotopic (exact) mass is 200 g/mol. The van der Waals surface area contributed by atoms with Gasteiger partial charge in [0.15, 0.2) is 0 Å². The first-order valence-corrected chi connectivity index (χ1v) is 5.72. The van der Waals surface area contributed by atoms with E-state index in [-0.39, 0.29) is 0 Å². The largest absolute Gasteiger partial charge is 0.379 e. The van der Waals surface area contributed by atoms with Crippen molar-refractivity contribution in [1.82, 2.24) is 10.2 Å². The van der Waals surface area contributed by atoms with Crippen LogP contribution in [0.4, 0.5) is 0 Å². The van der Waals surface area contributed by atoms with E-state index in [4.69, 9.17) is 4.74 Å². The first-order chi connectivity index (χ1) is 6.68. The molecule has 1 aliphatic rings. The number of ether oxygens (including phenoxy) is 1. The molecule has 3 heteroatoms. The normalized spacial score (nSPS) is 21.4. The molecule has 14 heavy (non-hydrogen) atoms. The van der Waals surface area contributed by atoms with Crippen LogP contribution in [0.3, 0.4) is 0 Å². The minimum atomic E-state index is 0.593. The van der Waals surface area contributed by atoms with Crippen molar-refractivity contribution >= 4 is 0 Å². The minimum Gasteiger partial charge on any atom is -0.379 e. The van der Waals surface area contributed by atoms with Gasteiger partial charge in [-0.05, 0) is 19.4 Å². The summed E-state index contributed by atoms with van der Waals surface area (Å²) >= 11 is 0. The third-order valence-electron chi connectivity index (χ3n) is 2.51. The Kier molecular flexibility index (Phi) is 5.45. The lowest BCUT2D eigenvalue weighted by atomic mass is 10.2. The quantitative estimate of drug-likeness (QED) is 0.715. The van der Waals surface area contributed by atoms with E-state index in [0.29, 0.717) is 6.04 Å². The van der Waals surface area contributed by atoms with Gasteiger partial charge >= 0.3 is 0 Å². The second-order valence-corrected chi connectivity index (χ2v) is 4.62. The molecule has 0 bridgehead atoms. The summed E-state index contributed by atoms with van der Waals surface area (Å²) < 4.78 is 5.32. The third-order valence-corrected chi connectivity index (χ3v) is 2.51. The molecule has 0 aliphatic carbocycles. The Morgan fingerprint density at radius 1 is 1.21 bits per heavy atom. The van der Waals surface area contributed by atoms with Gasteiger partial charge in [-0.3, -0.25) is 4.90 Å². The van der Waals surface area contributed by atoms with Crippen LogP contribution in [-0.4, -0.2) is 50.3 Å². The predicted octanol–water partition coefficient (Wildman–Crippen LogP) is 0.953. The second-order valence-electron chi connectivity index (χ2n) is 4.62. The molecule has 1 rings (SSSR count). The molecule has 1 saturated heterocycles. The zero-order valence-electron chi connectivity index (χ0n) is 9.75. The van der Waals surface area contributed by atoms with E-state index in [1.807, 2.05) is 0 Å². The molecule has 3 nitrogen and oxygen atoms in total. The Morgan fingerprint density at radius 2 is 1.86 bits per heavy atom. The van der Waals surface area contributed by atoms with E-state index in [1.165, 1.54) is 0 Å². The van der Waals surface area contributed by atoms with Gasteiger partial charge in [-0.1, -0.05) is 13.8 Å². The molecule has 0 aromatic carbocycles. The summed E-state index contributed by atoms with van der Waals surface area (Å²) in [5.74, 6) is 0.738. The molecule has 1 aliphatic heterocycles. The van der Waals surface area contributed by atoms with Crippen LogP contribution in [-0.2, 0) is 4.74 Å². The van der Waals surface area contributed by atoms with Gasteiger partial charge in [0.25, 0.3) is 0 Å². The van der Waals surface area contributed by atoms with Crippen molar-refractivity contribution < 1.29 is 4.74 Å². The summed E-state index contributed by atoms with van der Waals surface area (Å²) in [4.78, 5) is 2.47. The van der Waals surface area contributed by atoms with Crippen LogP contribution >= 0.6 is 0 Å². The van der Waals surface area contributed by atoms with E-state index < -0.39 is 0 Å². The van der Waals surface area contributed by atoms with Gasteiger partial charge in [-0.25, -0.2) is 0 Å². The van der Waals surface area contributed by atoms with E-state index in [2.05, 4.69) is 31.0 Å². The standard InChI is InChI=1S/C11H24N2O/c1-10(2)8-12-11(3)9-13-4-6-14-7-5-13/h10-12H,4-9H2,1-3H3. The van der Waals surface area contributed by atoms with Crippen LogP contribution in [0.1, 0.15) is 20.8 Å². The van der Waals surface area contributed by atoms with E-state index >= 15 is 0 Å². The van der Waals surface area contributed by atoms with E-state index in [9.17, 15) is 0 Å². The number of hydrogen-bond acceptors (Lipinski definition) is 3. The lowest BCUT2D eigenvalue weighted by molar-refractivity contribution is 0.0343. The molecule has 0 amide bonds. The average molecular weight is 200 g/mol. The van der Waals surface area contributed by atoms with E-state index in [0.717, 1.165) is 45.3 Å². The summed E-state index contributed by atoms with van der Waals surface area (Å²) in [6, 6.07) is 0.593. The molecular formula is C11H24N2O. The fourth-order valence-electron chi connectivity index (χ4n) is 1.67. The van der Waals surface area contributed by atoms with Gasteiger partial charge in [0.1, 0.15) is 0 Å². The maximum absolute atomic E-state index is 5.32. The number of nitrogens with one attached hydrogen (secondary N) is 1. The van der Waals surface area contributed by atoms with Crippen LogP contribution in [0.25, 0.3) is 0 Å². The first-order valence-electron chi connectivity index (χ1n) is 5.72. The highest BCUT2D eigenvalue weighted by Gasteiger charge is 2.13. The van der Waals surface area contributed by atoms with Crippen LogP contribution in [0, 0.1) is 5.92 Å². The first kappa shape index (κ1) is 12.0. The Hall–Kier alpha value is -0.120. The summed E-state index contributed by atoms with van der Waals surface area (Å²) in [6.07, 6.45) is 0. The molecule has 1 N–H and O–H groups in total. The molecule has 0 aromatic rings. The third kappa shape index (κ3) is 4.94. The number of nitrogens with zero attached hydrogens (tertiary/aromatic N) is 1. The number of hydrogen-bond donors (Lipinski definition) is 1. The van der Waals surface area contributed by atoms with Crippen molar-refractivity contribution in [2.45, 2.75) is 26.8 Å². The molecule has 0 radical (unpaired) electrons. The predicted molar refractivity (Wildman–Crippen MR) is 59.6 cm³/mol. The Balaban J connectivity index is 2.09. The molecular weight excluding hydrogens is 176 g/mol. The summed E-state index contributed by atoms with van der Waals surface area (Å²) in [5.41, 5.74) is 0. The lowest BCUT2D eigenvalue weighted by Gasteiger charge is -2.29. The van der Waals surface area contributed by atoms with Gasteiger partial charge in [-0.15, -0.1) is 0 Å². The second kappa shape index (κ2) is 6.38. The van der Waals surface area contributed by atoms with Gasteiger partial charge < -0.3 is 10.1 Å². The summed E-state index contributed by atoms with van der Waals surface area (Å²) in [5, 5.41) is 3.55. The highest BCUT2D eigenvalue weighted by molar-refractivity contribution is 4.70. The smallest absolute Gasteiger partial charge is 0.0594 e. The van der Waals surface area contributed by atoms with Gasteiger partial charge in [0.2, 0.25) is 0 Å². The van der Waals surface area contributed by atoms with Crippen molar-refractivity contribution in [1.29, 1.82) is 0 Å². The van der Waals surface area contributed by atoms with Gasteiger partial charge in [0.05, 0.1) is 13.2 Å². The minimum absolute atomic E-state index is 0.593. The molecule has 84 valence electrons. The molecule has 0 saturated carbocycles. The van der Waals surface area contributed by atoms with Crippen LogP contribution in [0.2, 0.25) is 0 Å². The molecule has 1 unspecified atom stereocenters. The fourth-order valence-corrected chi connectivity index (χ4v) is 1.67. The average Bonchev–Trinajstić information content (AvgIpc) is 2.16. The van der Waals surface area contributed by atoms with Crippen molar-refractivity contribution in [2.75, 3.05) is 39.4 Å². The topological polar surface area (TPSA) is 24.5 Å². The molecule has 1 atom stereocenters. The van der Waals surface area contributed by atoms with Gasteiger partial charge in [-0.2, -0.15) is 0 Å². The Labute approximate surface area is 87.8 Å². The Bertz CT molecular complexity index is 144. The fraction of sp³-hybridized carbons (Fsp3) is 1.00. The van der Waals surface area contributed by atoms with Crippen molar-refractivity contribution in [3.8, 4) is 0 Å². The zero-order valence-corrected chi connectivity index (χ0v) is 9.75. The van der Waals surface area contributed by atoms with Crippen LogP contribution in [0.15, 0.2) is 0 Å². The maximum Gasteiger partial charge on any atom is 0.0594 e. The SMILES string of the molecule is CC(C)CNC(C)CN1CCOCC1. The molecule has 1 heterocycles. The van der Waals surface area contributed by atoms with Gasteiger partial charge in [0, 0.05) is 25.7 Å². The highest BCUT2D eigenvalue weighted by Crippen LogP contribution is 1.99.